The third-order valence-electron chi connectivity index (χ3n) is 3.33. The van der Waals surface area contributed by atoms with Crippen LogP contribution in [0.4, 0.5) is 5.69 Å². The highest BCUT2D eigenvalue weighted by molar-refractivity contribution is 7.90. The quantitative estimate of drug-likeness (QED) is 0.808. The first-order chi connectivity index (χ1) is 7.87. The Morgan fingerprint density at radius 3 is 2.41 bits per heavy atom. The minimum absolute atomic E-state index is 0.189. The van der Waals surface area contributed by atoms with Crippen LogP contribution in [-0.2, 0) is 15.3 Å². The standard InChI is InChI=1S/C12H14N2O2S/c1-17(15,16)11-6-9(5-10(14)7-11)12(8-13)3-2-4-12/h5-7H,2-4,14H2,1H3. The second-order valence-electron chi connectivity index (χ2n) is 4.61. The molecule has 17 heavy (non-hydrogen) atoms. The van der Waals surface area contributed by atoms with Crippen molar-refractivity contribution in [3.63, 3.8) is 0 Å². The summed E-state index contributed by atoms with van der Waals surface area (Å²) in [4.78, 5) is 0.189. The molecule has 1 aliphatic carbocycles. The molecule has 1 aromatic carbocycles. The molecule has 90 valence electrons. The molecular weight excluding hydrogens is 236 g/mol. The molecule has 0 unspecified atom stereocenters. The van der Waals surface area contributed by atoms with Gasteiger partial charge in [-0.05, 0) is 43.0 Å². The molecular formula is C12H14N2O2S. The smallest absolute Gasteiger partial charge is 0.175 e. The number of nitrogen functional groups attached to an aromatic ring is 1. The largest absolute Gasteiger partial charge is 0.399 e. The lowest BCUT2D eigenvalue weighted by Crippen LogP contribution is -2.32. The Hall–Kier alpha value is -1.54. The van der Waals surface area contributed by atoms with E-state index in [0.717, 1.165) is 31.1 Å². The zero-order valence-corrected chi connectivity index (χ0v) is 10.4. The maximum absolute atomic E-state index is 11.5. The lowest BCUT2D eigenvalue weighted by molar-refractivity contribution is 0.323. The number of hydrogen-bond acceptors (Lipinski definition) is 4. The van der Waals surface area contributed by atoms with Gasteiger partial charge in [-0.3, -0.25) is 0 Å². The predicted octanol–water partition coefficient (Wildman–Crippen LogP) is 1.62. The first-order valence-corrected chi connectivity index (χ1v) is 7.29. The molecule has 0 aromatic heterocycles. The van der Waals surface area contributed by atoms with Crippen LogP contribution in [-0.4, -0.2) is 14.7 Å². The zero-order chi connectivity index (χ0) is 12.7. The third kappa shape index (κ3) is 2.01. The van der Waals surface area contributed by atoms with Crippen molar-refractivity contribution in [1.82, 2.24) is 0 Å². The van der Waals surface area contributed by atoms with Gasteiger partial charge in [-0.1, -0.05) is 0 Å². The molecule has 2 N–H and O–H groups in total. The highest BCUT2D eigenvalue weighted by Gasteiger charge is 2.39. The van der Waals surface area contributed by atoms with Crippen LogP contribution < -0.4 is 5.73 Å². The summed E-state index contributed by atoms with van der Waals surface area (Å²) in [7, 11) is -3.29. The Balaban J connectivity index is 2.58. The van der Waals surface area contributed by atoms with Crippen LogP contribution in [0, 0.1) is 11.3 Å². The number of sulfone groups is 1. The topological polar surface area (TPSA) is 83.9 Å². The number of hydrogen-bond donors (Lipinski definition) is 1. The van der Waals surface area contributed by atoms with Crippen LogP contribution in [0.3, 0.4) is 0 Å². The van der Waals surface area contributed by atoms with Crippen molar-refractivity contribution in [2.24, 2.45) is 0 Å². The minimum Gasteiger partial charge on any atom is -0.399 e. The fraction of sp³-hybridized carbons (Fsp3) is 0.417. The van der Waals surface area contributed by atoms with Gasteiger partial charge in [-0.25, -0.2) is 8.42 Å². The van der Waals surface area contributed by atoms with Gasteiger partial charge < -0.3 is 5.73 Å². The fourth-order valence-corrected chi connectivity index (χ4v) is 2.80. The summed E-state index contributed by atoms with van der Waals surface area (Å²) < 4.78 is 23.0. The Bertz CT molecular complexity index is 595. The van der Waals surface area contributed by atoms with E-state index in [2.05, 4.69) is 6.07 Å². The summed E-state index contributed by atoms with van der Waals surface area (Å²) in [5.41, 5.74) is 6.30. The van der Waals surface area contributed by atoms with E-state index in [4.69, 9.17) is 5.73 Å². The maximum Gasteiger partial charge on any atom is 0.175 e. The molecule has 0 atom stereocenters. The summed E-state index contributed by atoms with van der Waals surface area (Å²) in [6, 6.07) is 7.00. The normalized spacial score (nSPS) is 18.1. The van der Waals surface area contributed by atoms with Gasteiger partial charge in [-0.2, -0.15) is 5.26 Å². The number of benzene rings is 1. The van der Waals surface area contributed by atoms with E-state index in [9.17, 15) is 13.7 Å². The maximum atomic E-state index is 11.5. The van der Waals surface area contributed by atoms with E-state index in [-0.39, 0.29) is 4.90 Å². The molecule has 5 heteroatoms. The molecule has 0 bridgehead atoms. The summed E-state index contributed by atoms with van der Waals surface area (Å²) in [6.07, 6.45) is 3.69. The van der Waals surface area contributed by atoms with Crippen molar-refractivity contribution in [2.75, 3.05) is 12.0 Å². The van der Waals surface area contributed by atoms with Crippen molar-refractivity contribution in [1.29, 1.82) is 5.26 Å². The van der Waals surface area contributed by atoms with Crippen molar-refractivity contribution in [3.05, 3.63) is 23.8 Å². The van der Waals surface area contributed by atoms with Gasteiger partial charge in [0, 0.05) is 11.9 Å². The van der Waals surface area contributed by atoms with Crippen molar-refractivity contribution < 1.29 is 8.42 Å². The average molecular weight is 250 g/mol. The molecule has 4 nitrogen and oxygen atoms in total. The molecule has 0 amide bonds. The molecule has 0 heterocycles. The molecule has 1 fully saturated rings. The molecule has 2 rings (SSSR count). The van der Waals surface area contributed by atoms with Crippen LogP contribution in [0.15, 0.2) is 23.1 Å². The highest BCUT2D eigenvalue weighted by atomic mass is 32.2. The van der Waals surface area contributed by atoms with Crippen LogP contribution >= 0.6 is 0 Å². The molecule has 0 saturated heterocycles. The lowest BCUT2D eigenvalue weighted by Gasteiger charge is -2.35. The zero-order valence-electron chi connectivity index (χ0n) is 9.60. The Labute approximate surface area is 101 Å². The van der Waals surface area contributed by atoms with Crippen LogP contribution in [0.1, 0.15) is 24.8 Å². The summed E-state index contributed by atoms with van der Waals surface area (Å²) >= 11 is 0. The van der Waals surface area contributed by atoms with Gasteiger partial charge in [0.25, 0.3) is 0 Å². The lowest BCUT2D eigenvalue weighted by atomic mass is 9.65. The Kier molecular flexibility index (Phi) is 2.63. The second-order valence-corrected chi connectivity index (χ2v) is 6.63. The monoisotopic (exact) mass is 250 g/mol. The fourth-order valence-electron chi connectivity index (χ4n) is 2.11. The summed E-state index contributed by atoms with van der Waals surface area (Å²) in [6.45, 7) is 0. The molecule has 1 aliphatic rings. The van der Waals surface area contributed by atoms with E-state index in [1.54, 1.807) is 12.1 Å². The van der Waals surface area contributed by atoms with Crippen molar-refractivity contribution in [2.45, 2.75) is 29.6 Å². The van der Waals surface area contributed by atoms with Gasteiger partial charge in [0.1, 0.15) is 0 Å². The number of anilines is 1. The second kappa shape index (κ2) is 3.74. The van der Waals surface area contributed by atoms with Crippen molar-refractivity contribution >= 4 is 15.5 Å². The first kappa shape index (κ1) is 11.9. The average Bonchev–Trinajstić information content (AvgIpc) is 2.14. The number of nitrogens with two attached hydrogens (primary N) is 1. The molecule has 0 aliphatic heterocycles. The van der Waals surface area contributed by atoms with E-state index in [1.807, 2.05) is 0 Å². The van der Waals surface area contributed by atoms with E-state index in [1.165, 1.54) is 6.07 Å². The van der Waals surface area contributed by atoms with E-state index >= 15 is 0 Å². The highest BCUT2D eigenvalue weighted by Crippen LogP contribution is 2.44. The predicted molar refractivity (Wildman–Crippen MR) is 65.1 cm³/mol. The van der Waals surface area contributed by atoms with Gasteiger partial charge in [0.05, 0.1) is 16.4 Å². The molecule has 1 aromatic rings. The molecule has 1 saturated carbocycles. The third-order valence-corrected chi connectivity index (χ3v) is 4.42. The van der Waals surface area contributed by atoms with Crippen LogP contribution in [0.5, 0.6) is 0 Å². The van der Waals surface area contributed by atoms with Crippen LogP contribution in [0.25, 0.3) is 0 Å². The number of rotatable bonds is 2. The van der Waals surface area contributed by atoms with Crippen LogP contribution in [0.2, 0.25) is 0 Å². The first-order valence-electron chi connectivity index (χ1n) is 5.40. The van der Waals surface area contributed by atoms with Gasteiger partial charge in [-0.15, -0.1) is 0 Å². The Morgan fingerprint density at radius 1 is 1.35 bits per heavy atom. The van der Waals surface area contributed by atoms with Gasteiger partial charge in [0.2, 0.25) is 0 Å². The number of nitrogens with zero attached hydrogens (tertiary/aromatic N) is 1. The SMILES string of the molecule is CS(=O)(=O)c1cc(N)cc(C2(C#N)CCC2)c1. The number of nitriles is 1. The Morgan fingerprint density at radius 2 is 2.00 bits per heavy atom. The summed E-state index contributed by atoms with van der Waals surface area (Å²) in [5.74, 6) is 0. The molecule has 0 spiro atoms. The van der Waals surface area contributed by atoms with E-state index < -0.39 is 15.3 Å². The van der Waals surface area contributed by atoms with Crippen molar-refractivity contribution in [3.8, 4) is 6.07 Å². The van der Waals surface area contributed by atoms with E-state index in [0.29, 0.717) is 5.69 Å². The summed E-state index contributed by atoms with van der Waals surface area (Å²) in [5, 5.41) is 9.23. The minimum atomic E-state index is -3.29. The molecule has 0 radical (unpaired) electrons. The van der Waals surface area contributed by atoms with Gasteiger partial charge in [0.15, 0.2) is 9.84 Å². The van der Waals surface area contributed by atoms with Gasteiger partial charge >= 0.3 is 0 Å².